The Bertz CT molecular complexity index is 739. The van der Waals surface area contributed by atoms with Crippen molar-refractivity contribution in [2.24, 2.45) is 5.92 Å². The van der Waals surface area contributed by atoms with E-state index in [2.05, 4.69) is 21.1 Å². The highest BCUT2D eigenvalue weighted by atomic mass is 32.3. The smallest absolute Gasteiger partial charge is 0.311 e. The molecule has 3 amide bonds. The van der Waals surface area contributed by atoms with Crippen LogP contribution >= 0.6 is 0 Å². The average Bonchev–Trinajstić information content (AvgIpc) is 3.13. The van der Waals surface area contributed by atoms with Crippen LogP contribution in [0.1, 0.15) is 25.7 Å². The average molecular weight is 403 g/mol. The van der Waals surface area contributed by atoms with Crippen LogP contribution in [0.4, 0.5) is 4.79 Å². The number of hydroxylamine groups is 3. The van der Waals surface area contributed by atoms with Gasteiger partial charge in [-0.05, 0) is 31.7 Å². The van der Waals surface area contributed by atoms with E-state index >= 15 is 0 Å². The second kappa shape index (κ2) is 7.95. The van der Waals surface area contributed by atoms with Crippen molar-refractivity contribution in [3.05, 3.63) is 0 Å². The molecule has 12 nitrogen and oxygen atoms in total. The molecule has 13 heteroatoms. The first-order chi connectivity index (χ1) is 12.8. The molecule has 3 fully saturated rings. The van der Waals surface area contributed by atoms with E-state index < -0.39 is 34.4 Å². The first-order valence-electron chi connectivity index (χ1n) is 8.57. The number of carbonyl (C=O) groups is 2. The first kappa shape index (κ1) is 19.8. The summed E-state index contributed by atoms with van der Waals surface area (Å²) in [5.41, 5.74) is 2.33. The number of piperidine rings is 1. The van der Waals surface area contributed by atoms with Gasteiger partial charge in [0.2, 0.25) is 0 Å². The van der Waals surface area contributed by atoms with E-state index in [0.717, 1.165) is 13.0 Å². The molecular formula is C14H21N5O7S. The molecule has 3 aliphatic rings. The number of carbonyl (C=O) groups excluding carboxylic acids is 2. The van der Waals surface area contributed by atoms with Gasteiger partial charge in [0.1, 0.15) is 6.04 Å². The van der Waals surface area contributed by atoms with Crippen molar-refractivity contribution in [1.82, 2.24) is 20.8 Å². The van der Waals surface area contributed by atoms with E-state index in [-0.39, 0.29) is 25.1 Å². The van der Waals surface area contributed by atoms with Crippen molar-refractivity contribution >= 4 is 22.3 Å². The highest BCUT2D eigenvalue weighted by molar-refractivity contribution is 7.80. The molecule has 3 saturated heterocycles. The highest BCUT2D eigenvalue weighted by Crippen LogP contribution is 2.30. The number of nitriles is 1. The molecule has 150 valence electrons. The quantitative estimate of drug-likeness (QED) is 0.355. The van der Waals surface area contributed by atoms with E-state index in [1.54, 1.807) is 0 Å². The number of hydrogen-bond donors (Lipinski definition) is 3. The molecule has 0 aromatic carbocycles. The van der Waals surface area contributed by atoms with Gasteiger partial charge in [0.05, 0.1) is 18.7 Å². The Morgan fingerprint density at radius 1 is 1.44 bits per heavy atom. The maximum Gasteiger partial charge on any atom is 0.418 e. The molecule has 0 radical (unpaired) electrons. The van der Waals surface area contributed by atoms with Crippen molar-refractivity contribution in [2.45, 2.75) is 43.8 Å². The van der Waals surface area contributed by atoms with E-state index in [1.165, 1.54) is 4.90 Å². The Labute approximate surface area is 156 Å². The van der Waals surface area contributed by atoms with Crippen LogP contribution in [0.25, 0.3) is 0 Å². The van der Waals surface area contributed by atoms with E-state index in [1.807, 2.05) is 0 Å². The number of fused-ring (bicyclic) bond motifs is 2. The van der Waals surface area contributed by atoms with E-state index in [9.17, 15) is 18.0 Å². The summed E-state index contributed by atoms with van der Waals surface area (Å²) in [6.07, 6.45) is 1.90. The Balaban J connectivity index is 1.47. The number of amides is 3. The van der Waals surface area contributed by atoms with Crippen molar-refractivity contribution < 1.29 is 31.7 Å². The third kappa shape index (κ3) is 4.66. The van der Waals surface area contributed by atoms with Gasteiger partial charge in [0, 0.05) is 19.0 Å². The lowest BCUT2D eigenvalue weighted by atomic mass is 10.0. The molecule has 0 spiro atoms. The molecule has 3 heterocycles. The van der Waals surface area contributed by atoms with E-state index in [0.29, 0.717) is 24.3 Å². The summed E-state index contributed by atoms with van der Waals surface area (Å²) < 4.78 is 34.8. The van der Waals surface area contributed by atoms with Crippen LogP contribution in [0, 0.1) is 17.2 Å². The summed E-state index contributed by atoms with van der Waals surface area (Å²) in [6, 6.07) is -0.00124. The number of rotatable bonds is 7. The molecule has 4 atom stereocenters. The lowest BCUT2D eigenvalue weighted by Crippen LogP contribution is -2.50. The topological polar surface area (TPSA) is 161 Å². The van der Waals surface area contributed by atoms with Gasteiger partial charge in [-0.1, -0.05) is 0 Å². The van der Waals surface area contributed by atoms with Gasteiger partial charge in [0.25, 0.3) is 5.91 Å². The van der Waals surface area contributed by atoms with Crippen molar-refractivity contribution in [3.63, 3.8) is 0 Å². The Kier molecular flexibility index (Phi) is 5.82. The lowest BCUT2D eigenvalue weighted by molar-refractivity contribution is -0.139. The van der Waals surface area contributed by atoms with Gasteiger partial charge in [-0.3, -0.25) is 14.2 Å². The second-order valence-electron chi connectivity index (χ2n) is 6.86. The van der Waals surface area contributed by atoms with Crippen molar-refractivity contribution in [3.8, 4) is 6.07 Å². The summed E-state index contributed by atoms with van der Waals surface area (Å²) in [5, 5.41) is 12.5. The number of nitrogens with one attached hydrogen (secondary N) is 2. The van der Waals surface area contributed by atoms with Crippen LogP contribution in [-0.2, 0) is 24.3 Å². The fourth-order valence-corrected chi connectivity index (χ4v) is 4.09. The highest BCUT2D eigenvalue weighted by Gasteiger charge is 2.49. The molecule has 0 aromatic rings. The minimum absolute atomic E-state index is 0.0338. The van der Waals surface area contributed by atoms with Gasteiger partial charge in [-0.2, -0.15) is 18.7 Å². The second-order valence-corrected chi connectivity index (χ2v) is 7.86. The van der Waals surface area contributed by atoms with Crippen molar-refractivity contribution in [1.29, 1.82) is 5.26 Å². The lowest BCUT2D eigenvalue weighted by Gasteiger charge is -2.29. The van der Waals surface area contributed by atoms with E-state index in [4.69, 9.17) is 14.7 Å². The molecule has 0 aromatic heterocycles. The third-order valence-electron chi connectivity index (χ3n) is 4.95. The van der Waals surface area contributed by atoms with Crippen LogP contribution in [-0.4, -0.2) is 72.7 Å². The third-order valence-corrected chi connectivity index (χ3v) is 5.30. The minimum Gasteiger partial charge on any atom is -0.311 e. The number of hydrogen-bond acceptors (Lipinski definition) is 8. The Hall–Kier alpha value is -1.98. The van der Waals surface area contributed by atoms with Gasteiger partial charge >= 0.3 is 16.4 Å². The summed E-state index contributed by atoms with van der Waals surface area (Å²) in [5.74, 6) is -0.243. The Morgan fingerprint density at radius 3 is 2.93 bits per heavy atom. The van der Waals surface area contributed by atoms with Crippen LogP contribution in [0.2, 0.25) is 0 Å². The Morgan fingerprint density at radius 2 is 2.22 bits per heavy atom. The number of nitrogens with zero attached hydrogens (tertiary/aromatic N) is 3. The summed E-state index contributed by atoms with van der Waals surface area (Å²) in [4.78, 5) is 31.0. The monoisotopic (exact) mass is 403 g/mol. The predicted molar refractivity (Wildman–Crippen MR) is 87.6 cm³/mol. The molecule has 0 saturated carbocycles. The van der Waals surface area contributed by atoms with Crippen LogP contribution < -0.4 is 10.8 Å². The molecule has 27 heavy (non-hydrogen) atoms. The molecule has 2 unspecified atom stereocenters. The zero-order valence-corrected chi connectivity index (χ0v) is 15.2. The maximum atomic E-state index is 12.3. The van der Waals surface area contributed by atoms with Gasteiger partial charge in [-0.15, -0.1) is 4.28 Å². The van der Waals surface area contributed by atoms with Crippen LogP contribution in [0.3, 0.4) is 0 Å². The predicted octanol–water partition coefficient (Wildman–Crippen LogP) is -1.07. The summed E-state index contributed by atoms with van der Waals surface area (Å²) in [6.45, 7) is 1.08. The number of urea groups is 1. The minimum atomic E-state index is -4.82. The fourth-order valence-electron chi connectivity index (χ4n) is 3.70. The standard InChI is InChI=1S/C14H21N5O7S/c15-4-3-9-5-10(16-6-9)8-25-17-13(20)12-2-1-11-7-18(12)14(21)19(11)26-27(22,23)24/h9-12,16H,1-3,5-8H2,(H,17,20)(H,22,23,24)/t9-,10+,11?,12?/m1/s1. The van der Waals surface area contributed by atoms with Crippen LogP contribution in [0.15, 0.2) is 0 Å². The molecule has 3 aliphatic heterocycles. The maximum absolute atomic E-state index is 12.3. The van der Waals surface area contributed by atoms with Crippen LogP contribution in [0.5, 0.6) is 0 Å². The first-order valence-corrected chi connectivity index (χ1v) is 9.94. The molecule has 3 rings (SSSR count). The SMILES string of the molecule is N#CC[C@H]1CN[C@H](CONC(=O)C2CCC3CN2C(=O)N3OS(=O)(=O)O)C1. The van der Waals surface area contributed by atoms with Crippen molar-refractivity contribution in [2.75, 3.05) is 19.7 Å². The van der Waals surface area contributed by atoms with Gasteiger partial charge in [-0.25, -0.2) is 10.3 Å². The molecular weight excluding hydrogens is 382 g/mol. The zero-order valence-electron chi connectivity index (χ0n) is 14.4. The molecule has 3 N–H and O–H groups in total. The van der Waals surface area contributed by atoms with Gasteiger partial charge in [0.15, 0.2) is 0 Å². The fraction of sp³-hybridized carbons (Fsp3) is 0.786. The van der Waals surface area contributed by atoms with Gasteiger partial charge < -0.3 is 10.2 Å². The molecule has 0 aliphatic carbocycles. The zero-order chi connectivity index (χ0) is 19.6. The normalized spacial score (nSPS) is 30.4. The molecule has 2 bridgehead atoms. The summed E-state index contributed by atoms with van der Waals surface area (Å²) >= 11 is 0. The largest absolute Gasteiger partial charge is 0.418 e. The summed E-state index contributed by atoms with van der Waals surface area (Å²) in [7, 11) is -4.82.